The van der Waals surface area contributed by atoms with Crippen LogP contribution in [0.1, 0.15) is 23.7 Å². The van der Waals surface area contributed by atoms with Gasteiger partial charge >= 0.3 is 0 Å². The van der Waals surface area contributed by atoms with Gasteiger partial charge in [-0.05, 0) is 36.2 Å². The van der Waals surface area contributed by atoms with Crippen molar-refractivity contribution >= 4 is 26.5 Å². The molecule has 5 heteroatoms. The Hall–Kier alpha value is -1.88. The highest BCUT2D eigenvalue weighted by molar-refractivity contribution is 7.91. The molecule has 0 saturated carbocycles. The first kappa shape index (κ1) is 14.1. The predicted octanol–water partition coefficient (Wildman–Crippen LogP) is 2.15. The maximum absolute atomic E-state index is 12.4. The zero-order valence-electron chi connectivity index (χ0n) is 11.8. The van der Waals surface area contributed by atoms with Gasteiger partial charge in [0.2, 0.25) is 0 Å². The van der Waals surface area contributed by atoms with Gasteiger partial charge in [-0.15, -0.1) is 0 Å². The van der Waals surface area contributed by atoms with Gasteiger partial charge < -0.3 is 5.32 Å². The smallest absolute Gasteiger partial charge is 0.251 e. The molecule has 0 unspecified atom stereocenters. The first-order chi connectivity index (χ1) is 9.87. The van der Waals surface area contributed by atoms with Gasteiger partial charge in [0.05, 0.1) is 17.0 Å². The van der Waals surface area contributed by atoms with Crippen LogP contribution in [0.15, 0.2) is 42.5 Å². The summed E-state index contributed by atoms with van der Waals surface area (Å²) in [6, 6.07) is 13.3. The molecule has 0 aromatic heterocycles. The largest absolute Gasteiger partial charge is 0.346 e. The van der Waals surface area contributed by atoms with E-state index in [-0.39, 0.29) is 17.4 Å². The van der Waals surface area contributed by atoms with Crippen molar-refractivity contribution in [1.29, 1.82) is 0 Å². The summed E-state index contributed by atoms with van der Waals surface area (Å²) in [6.45, 7) is 1.79. The molecule has 0 radical (unpaired) electrons. The standard InChI is InChI=1S/C16H17NO3S/c1-16(8-9-21(19,20)11-16)17-15(18)14-7-6-12-4-2-3-5-13(12)10-14/h2-7,10H,8-9,11H2,1H3,(H,17,18)/t16-/m0/s1. The maximum atomic E-state index is 12.4. The van der Waals surface area contributed by atoms with Crippen molar-refractivity contribution < 1.29 is 13.2 Å². The molecule has 1 amide bonds. The second-order valence-electron chi connectivity index (χ2n) is 5.92. The second-order valence-corrected chi connectivity index (χ2v) is 8.10. The van der Waals surface area contributed by atoms with Gasteiger partial charge in [-0.3, -0.25) is 4.79 Å². The van der Waals surface area contributed by atoms with Crippen LogP contribution >= 0.6 is 0 Å². The molecule has 2 aromatic rings. The first-order valence-electron chi connectivity index (χ1n) is 6.89. The van der Waals surface area contributed by atoms with Crippen molar-refractivity contribution in [3.05, 3.63) is 48.0 Å². The Labute approximate surface area is 124 Å². The molecule has 3 rings (SSSR count). The third-order valence-electron chi connectivity index (χ3n) is 3.93. The minimum Gasteiger partial charge on any atom is -0.346 e. The minimum absolute atomic E-state index is 0.0132. The number of hydrogen-bond donors (Lipinski definition) is 1. The molecule has 110 valence electrons. The zero-order chi connectivity index (χ0) is 15.1. The van der Waals surface area contributed by atoms with Gasteiger partial charge in [-0.25, -0.2) is 8.42 Å². The monoisotopic (exact) mass is 303 g/mol. The molecule has 1 N–H and O–H groups in total. The summed E-state index contributed by atoms with van der Waals surface area (Å²) in [5, 5.41) is 4.94. The Balaban J connectivity index is 1.84. The van der Waals surface area contributed by atoms with Crippen molar-refractivity contribution in [2.75, 3.05) is 11.5 Å². The Morgan fingerprint density at radius 1 is 1.14 bits per heavy atom. The van der Waals surface area contributed by atoms with Gasteiger partial charge in [0, 0.05) is 5.56 Å². The maximum Gasteiger partial charge on any atom is 0.251 e. The first-order valence-corrected chi connectivity index (χ1v) is 8.71. The third kappa shape index (κ3) is 2.93. The SMILES string of the molecule is C[C@]1(NC(=O)c2ccc3ccccc3c2)CCS(=O)(=O)C1. The molecule has 4 nitrogen and oxygen atoms in total. The van der Waals surface area contributed by atoms with Crippen molar-refractivity contribution in [3.63, 3.8) is 0 Å². The van der Waals surface area contributed by atoms with Gasteiger partial charge in [0.1, 0.15) is 0 Å². The van der Waals surface area contributed by atoms with Crippen LogP contribution in [0, 0.1) is 0 Å². The van der Waals surface area contributed by atoms with E-state index >= 15 is 0 Å². The van der Waals surface area contributed by atoms with Crippen LogP contribution in [0.5, 0.6) is 0 Å². The summed E-state index contributed by atoms with van der Waals surface area (Å²) in [4.78, 5) is 12.4. The number of nitrogens with one attached hydrogen (secondary N) is 1. The van der Waals surface area contributed by atoms with E-state index in [0.717, 1.165) is 10.8 Å². The molecule has 0 spiro atoms. The van der Waals surface area contributed by atoms with E-state index in [1.165, 1.54) is 0 Å². The topological polar surface area (TPSA) is 63.2 Å². The summed E-state index contributed by atoms with van der Waals surface area (Å²) in [7, 11) is -3.03. The van der Waals surface area contributed by atoms with Crippen molar-refractivity contribution in [2.45, 2.75) is 18.9 Å². The minimum atomic E-state index is -3.03. The summed E-state index contributed by atoms with van der Waals surface area (Å²) >= 11 is 0. The number of carbonyl (C=O) groups is 1. The molecule has 1 fully saturated rings. The molecular weight excluding hydrogens is 286 g/mol. The molecule has 0 bridgehead atoms. The summed E-state index contributed by atoms with van der Waals surface area (Å²) in [5.41, 5.74) is -0.110. The highest BCUT2D eigenvalue weighted by Gasteiger charge is 2.39. The van der Waals surface area contributed by atoms with Gasteiger partial charge in [0.25, 0.3) is 5.91 Å². The summed E-state index contributed by atoms with van der Waals surface area (Å²) in [5.74, 6) is -0.0683. The van der Waals surface area contributed by atoms with E-state index in [9.17, 15) is 13.2 Å². The van der Waals surface area contributed by atoms with E-state index in [4.69, 9.17) is 0 Å². The fourth-order valence-corrected chi connectivity index (χ4v) is 4.88. The van der Waals surface area contributed by atoms with Crippen LogP contribution in [-0.2, 0) is 9.84 Å². The lowest BCUT2D eigenvalue weighted by Gasteiger charge is -2.24. The van der Waals surface area contributed by atoms with Gasteiger partial charge in [-0.2, -0.15) is 0 Å². The van der Waals surface area contributed by atoms with Crippen LogP contribution in [0.4, 0.5) is 0 Å². The quantitative estimate of drug-likeness (QED) is 0.924. The van der Waals surface area contributed by atoms with E-state index in [1.54, 1.807) is 13.0 Å². The number of rotatable bonds is 2. The Morgan fingerprint density at radius 2 is 1.86 bits per heavy atom. The molecular formula is C16H17NO3S. The fourth-order valence-electron chi connectivity index (χ4n) is 2.79. The lowest BCUT2D eigenvalue weighted by molar-refractivity contribution is 0.0915. The number of benzene rings is 2. The highest BCUT2D eigenvalue weighted by Crippen LogP contribution is 2.24. The molecule has 1 saturated heterocycles. The van der Waals surface area contributed by atoms with Crippen LogP contribution < -0.4 is 5.32 Å². The number of carbonyl (C=O) groups excluding carboxylic acids is 1. The van der Waals surface area contributed by atoms with Gasteiger partial charge in [-0.1, -0.05) is 30.3 Å². The average molecular weight is 303 g/mol. The molecule has 1 heterocycles. The van der Waals surface area contributed by atoms with Crippen LogP contribution in [0.3, 0.4) is 0 Å². The Bertz CT molecular complexity index is 813. The van der Waals surface area contributed by atoms with Crippen LogP contribution in [-0.4, -0.2) is 31.4 Å². The average Bonchev–Trinajstić information content (AvgIpc) is 2.71. The molecule has 1 atom stereocenters. The number of fused-ring (bicyclic) bond motifs is 1. The Morgan fingerprint density at radius 3 is 2.52 bits per heavy atom. The second kappa shape index (κ2) is 4.84. The van der Waals surface area contributed by atoms with Crippen LogP contribution in [0.25, 0.3) is 10.8 Å². The fraction of sp³-hybridized carbons (Fsp3) is 0.312. The van der Waals surface area contributed by atoms with E-state index < -0.39 is 15.4 Å². The molecule has 1 aliphatic rings. The molecule has 1 aliphatic heterocycles. The van der Waals surface area contributed by atoms with Crippen molar-refractivity contribution in [3.8, 4) is 0 Å². The van der Waals surface area contributed by atoms with E-state index in [1.807, 2.05) is 36.4 Å². The van der Waals surface area contributed by atoms with Crippen LogP contribution in [0.2, 0.25) is 0 Å². The number of sulfone groups is 1. The van der Waals surface area contributed by atoms with E-state index in [0.29, 0.717) is 12.0 Å². The zero-order valence-corrected chi connectivity index (χ0v) is 12.6. The summed E-state index contributed by atoms with van der Waals surface area (Å²) in [6.07, 6.45) is 0.467. The molecule has 21 heavy (non-hydrogen) atoms. The molecule has 0 aliphatic carbocycles. The normalized spacial score (nSPS) is 24.0. The highest BCUT2D eigenvalue weighted by atomic mass is 32.2. The van der Waals surface area contributed by atoms with Crippen molar-refractivity contribution in [2.24, 2.45) is 0 Å². The summed E-state index contributed by atoms with van der Waals surface area (Å²) < 4.78 is 23.2. The predicted molar refractivity (Wildman–Crippen MR) is 83.1 cm³/mol. The number of hydrogen-bond acceptors (Lipinski definition) is 3. The lowest BCUT2D eigenvalue weighted by Crippen LogP contribution is -2.46. The third-order valence-corrected chi connectivity index (χ3v) is 5.83. The van der Waals surface area contributed by atoms with Gasteiger partial charge in [0.15, 0.2) is 9.84 Å². The Kier molecular flexibility index (Phi) is 3.24. The lowest BCUT2D eigenvalue weighted by atomic mass is 10.0. The van der Waals surface area contributed by atoms with Crippen molar-refractivity contribution in [1.82, 2.24) is 5.32 Å². The molecule has 2 aromatic carbocycles. The van der Waals surface area contributed by atoms with E-state index in [2.05, 4.69) is 5.32 Å². The number of amides is 1.